The van der Waals surface area contributed by atoms with Gasteiger partial charge in [0.1, 0.15) is 5.82 Å². The predicted octanol–water partition coefficient (Wildman–Crippen LogP) is 1.20. The van der Waals surface area contributed by atoms with Gasteiger partial charge in [-0.05, 0) is 12.1 Å². The van der Waals surface area contributed by atoms with E-state index in [9.17, 15) is 4.39 Å². The molecular weight excluding hydrogens is 207 g/mol. The molecule has 2 rings (SSSR count). The van der Waals surface area contributed by atoms with Gasteiger partial charge in [0.2, 0.25) is 0 Å². The van der Waals surface area contributed by atoms with Gasteiger partial charge in [-0.3, -0.25) is 9.67 Å². The number of nitrogens with two attached hydrogens (primary N) is 1. The molecule has 0 fully saturated rings. The van der Waals surface area contributed by atoms with Crippen molar-refractivity contribution in [2.24, 2.45) is 12.8 Å². The molecule has 1 unspecified atom stereocenters. The van der Waals surface area contributed by atoms with Crippen molar-refractivity contribution in [3.05, 3.63) is 47.8 Å². The Labute approximate surface area is 92.9 Å². The zero-order valence-electron chi connectivity index (χ0n) is 8.97. The van der Waals surface area contributed by atoms with Crippen LogP contribution < -0.4 is 5.73 Å². The van der Waals surface area contributed by atoms with Crippen LogP contribution in [0.15, 0.2) is 30.7 Å². The van der Waals surface area contributed by atoms with Crippen molar-refractivity contribution in [1.29, 1.82) is 0 Å². The number of aromatic nitrogens is 3. The van der Waals surface area contributed by atoms with Crippen LogP contribution in [0.1, 0.15) is 17.3 Å². The van der Waals surface area contributed by atoms with E-state index in [0.29, 0.717) is 12.0 Å². The molecule has 0 radical (unpaired) electrons. The van der Waals surface area contributed by atoms with Crippen LogP contribution >= 0.6 is 0 Å². The molecule has 0 saturated heterocycles. The number of nitrogens with zero attached hydrogens (tertiary/aromatic N) is 3. The second-order valence-electron chi connectivity index (χ2n) is 3.69. The number of halogens is 1. The SMILES string of the molecule is Cn1ccc(CC(N)c2ccncc2F)n1. The lowest BCUT2D eigenvalue weighted by molar-refractivity contribution is 0.570. The minimum Gasteiger partial charge on any atom is -0.324 e. The Hall–Kier alpha value is -1.75. The van der Waals surface area contributed by atoms with E-state index in [4.69, 9.17) is 5.73 Å². The summed E-state index contributed by atoms with van der Waals surface area (Å²) >= 11 is 0. The quantitative estimate of drug-likeness (QED) is 0.845. The van der Waals surface area contributed by atoms with Gasteiger partial charge in [0.05, 0.1) is 11.9 Å². The van der Waals surface area contributed by atoms with Gasteiger partial charge in [-0.1, -0.05) is 0 Å². The largest absolute Gasteiger partial charge is 0.324 e. The van der Waals surface area contributed by atoms with Gasteiger partial charge in [0, 0.05) is 37.5 Å². The molecule has 2 aromatic rings. The first-order valence-electron chi connectivity index (χ1n) is 5.00. The van der Waals surface area contributed by atoms with E-state index in [2.05, 4.69) is 10.1 Å². The summed E-state index contributed by atoms with van der Waals surface area (Å²) in [6.07, 6.45) is 5.07. The summed E-state index contributed by atoms with van der Waals surface area (Å²) < 4.78 is 15.1. The minimum absolute atomic E-state index is 0.370. The molecule has 0 aromatic carbocycles. The van der Waals surface area contributed by atoms with E-state index in [1.807, 2.05) is 19.3 Å². The lowest BCUT2D eigenvalue weighted by Gasteiger charge is -2.10. The van der Waals surface area contributed by atoms with E-state index in [1.165, 1.54) is 12.4 Å². The van der Waals surface area contributed by atoms with Crippen molar-refractivity contribution in [2.75, 3.05) is 0 Å². The molecule has 5 heteroatoms. The van der Waals surface area contributed by atoms with Crippen LogP contribution in [0.2, 0.25) is 0 Å². The highest BCUT2D eigenvalue weighted by Gasteiger charge is 2.12. The monoisotopic (exact) mass is 220 g/mol. The summed E-state index contributed by atoms with van der Waals surface area (Å²) in [5, 5.41) is 4.20. The third-order valence-electron chi connectivity index (χ3n) is 2.40. The maximum atomic E-state index is 13.4. The minimum atomic E-state index is -0.391. The Balaban J connectivity index is 2.14. The summed E-state index contributed by atoms with van der Waals surface area (Å²) in [4.78, 5) is 3.69. The highest BCUT2D eigenvalue weighted by molar-refractivity contribution is 5.19. The lowest BCUT2D eigenvalue weighted by Crippen LogP contribution is -2.15. The van der Waals surface area contributed by atoms with Crippen LogP contribution in [0.25, 0.3) is 0 Å². The lowest BCUT2D eigenvalue weighted by atomic mass is 10.0. The Morgan fingerprint density at radius 2 is 2.31 bits per heavy atom. The fourth-order valence-corrected chi connectivity index (χ4v) is 1.59. The molecule has 0 aliphatic carbocycles. The van der Waals surface area contributed by atoms with Gasteiger partial charge in [-0.15, -0.1) is 0 Å². The van der Waals surface area contributed by atoms with Crippen molar-refractivity contribution in [3.63, 3.8) is 0 Å². The molecule has 2 heterocycles. The van der Waals surface area contributed by atoms with Gasteiger partial charge >= 0.3 is 0 Å². The number of rotatable bonds is 3. The van der Waals surface area contributed by atoms with Gasteiger partial charge < -0.3 is 5.73 Å². The van der Waals surface area contributed by atoms with Gasteiger partial charge in [-0.25, -0.2) is 4.39 Å². The van der Waals surface area contributed by atoms with Crippen LogP contribution in [0.4, 0.5) is 4.39 Å². The molecule has 0 aliphatic heterocycles. The van der Waals surface area contributed by atoms with Crippen molar-refractivity contribution in [1.82, 2.24) is 14.8 Å². The second-order valence-corrected chi connectivity index (χ2v) is 3.69. The average molecular weight is 220 g/mol. The van der Waals surface area contributed by atoms with E-state index >= 15 is 0 Å². The van der Waals surface area contributed by atoms with Crippen molar-refractivity contribution in [2.45, 2.75) is 12.5 Å². The Morgan fingerprint density at radius 3 is 2.94 bits per heavy atom. The summed E-state index contributed by atoms with van der Waals surface area (Å²) in [5.74, 6) is -0.370. The first-order chi connectivity index (χ1) is 7.66. The molecule has 1 atom stereocenters. The highest BCUT2D eigenvalue weighted by Crippen LogP contribution is 2.17. The molecule has 16 heavy (non-hydrogen) atoms. The van der Waals surface area contributed by atoms with Crippen LogP contribution in [-0.2, 0) is 13.5 Å². The Morgan fingerprint density at radius 1 is 1.50 bits per heavy atom. The second kappa shape index (κ2) is 4.40. The van der Waals surface area contributed by atoms with Crippen molar-refractivity contribution >= 4 is 0 Å². The zero-order valence-corrected chi connectivity index (χ0v) is 8.97. The van der Waals surface area contributed by atoms with Crippen LogP contribution in [0.5, 0.6) is 0 Å². The predicted molar refractivity (Wildman–Crippen MR) is 58.0 cm³/mol. The molecule has 0 spiro atoms. The number of hydrogen-bond acceptors (Lipinski definition) is 3. The van der Waals surface area contributed by atoms with Crippen molar-refractivity contribution in [3.8, 4) is 0 Å². The highest BCUT2D eigenvalue weighted by atomic mass is 19.1. The molecule has 4 nitrogen and oxygen atoms in total. The fourth-order valence-electron chi connectivity index (χ4n) is 1.59. The topological polar surface area (TPSA) is 56.7 Å². The van der Waals surface area contributed by atoms with E-state index < -0.39 is 6.04 Å². The molecule has 0 bridgehead atoms. The van der Waals surface area contributed by atoms with Gasteiger partial charge in [-0.2, -0.15) is 5.10 Å². The number of aryl methyl sites for hydroxylation is 1. The van der Waals surface area contributed by atoms with E-state index in [0.717, 1.165) is 5.69 Å². The molecule has 0 aliphatic rings. The summed E-state index contributed by atoms with van der Waals surface area (Å²) in [6, 6.07) is 3.08. The summed E-state index contributed by atoms with van der Waals surface area (Å²) in [7, 11) is 1.84. The number of pyridine rings is 1. The molecule has 2 aromatic heterocycles. The summed E-state index contributed by atoms with van der Waals surface area (Å²) in [5.41, 5.74) is 7.25. The van der Waals surface area contributed by atoms with E-state index in [1.54, 1.807) is 10.7 Å². The summed E-state index contributed by atoms with van der Waals surface area (Å²) in [6.45, 7) is 0. The van der Waals surface area contributed by atoms with Gasteiger partial charge in [0.25, 0.3) is 0 Å². The normalized spacial score (nSPS) is 12.7. The Kier molecular flexibility index (Phi) is 2.96. The van der Waals surface area contributed by atoms with Crippen LogP contribution in [0, 0.1) is 5.82 Å². The van der Waals surface area contributed by atoms with Gasteiger partial charge in [0.15, 0.2) is 0 Å². The molecule has 84 valence electrons. The van der Waals surface area contributed by atoms with Crippen molar-refractivity contribution < 1.29 is 4.39 Å². The molecule has 0 amide bonds. The maximum absolute atomic E-state index is 13.4. The fraction of sp³-hybridized carbons (Fsp3) is 0.273. The molecule has 0 saturated carbocycles. The number of hydrogen-bond donors (Lipinski definition) is 1. The third-order valence-corrected chi connectivity index (χ3v) is 2.40. The first kappa shape index (κ1) is 10.8. The molecular formula is C11H13FN4. The average Bonchev–Trinajstić information content (AvgIpc) is 2.64. The zero-order chi connectivity index (χ0) is 11.5. The Bertz CT molecular complexity index is 480. The smallest absolute Gasteiger partial charge is 0.146 e. The van der Waals surface area contributed by atoms with E-state index in [-0.39, 0.29) is 5.82 Å². The van der Waals surface area contributed by atoms with Crippen LogP contribution in [-0.4, -0.2) is 14.8 Å². The molecule has 2 N–H and O–H groups in total. The maximum Gasteiger partial charge on any atom is 0.146 e. The van der Waals surface area contributed by atoms with Crippen LogP contribution in [0.3, 0.4) is 0 Å². The standard InChI is InChI=1S/C11H13FN4/c1-16-5-3-8(15-16)6-11(13)9-2-4-14-7-10(9)12/h2-5,7,11H,6,13H2,1H3. The third kappa shape index (κ3) is 2.25. The first-order valence-corrected chi connectivity index (χ1v) is 5.00.